The third-order valence-electron chi connectivity index (χ3n) is 4.37. The van der Waals surface area contributed by atoms with Crippen molar-refractivity contribution in [2.75, 3.05) is 4.90 Å². The van der Waals surface area contributed by atoms with Gasteiger partial charge in [0, 0.05) is 30.6 Å². The van der Waals surface area contributed by atoms with Gasteiger partial charge in [-0.3, -0.25) is 4.90 Å². The highest BCUT2D eigenvalue weighted by molar-refractivity contribution is 6.29. The van der Waals surface area contributed by atoms with E-state index in [0.717, 1.165) is 16.3 Å². The number of hydrogen-bond acceptors (Lipinski definition) is 4. The van der Waals surface area contributed by atoms with Gasteiger partial charge in [-0.05, 0) is 32.8 Å². The Morgan fingerprint density at radius 1 is 1.31 bits per heavy atom. The Morgan fingerprint density at radius 2 is 1.96 bits per heavy atom. The van der Waals surface area contributed by atoms with E-state index in [0.29, 0.717) is 0 Å². The lowest BCUT2D eigenvalue weighted by Gasteiger charge is -2.34. The van der Waals surface area contributed by atoms with Crippen molar-refractivity contribution >= 4 is 23.5 Å². The molecule has 2 aromatic rings. The number of amides is 1. The minimum Gasteiger partial charge on any atom is -0.465 e. The summed E-state index contributed by atoms with van der Waals surface area (Å²) in [6.07, 6.45) is -1.88. The van der Waals surface area contributed by atoms with Gasteiger partial charge in [0.05, 0.1) is 5.69 Å². The first-order valence-corrected chi connectivity index (χ1v) is 8.52. The molecule has 10 heteroatoms. The summed E-state index contributed by atoms with van der Waals surface area (Å²) < 4.78 is 28.3. The molecule has 0 bridgehead atoms. The summed E-state index contributed by atoms with van der Waals surface area (Å²) in [5.41, 5.74) is 1.51. The fourth-order valence-electron chi connectivity index (χ4n) is 3.17. The molecule has 1 fully saturated rings. The Labute approximate surface area is 153 Å². The van der Waals surface area contributed by atoms with Crippen LogP contribution in [-0.2, 0) is 0 Å². The van der Waals surface area contributed by atoms with Crippen molar-refractivity contribution in [1.29, 1.82) is 0 Å². The van der Waals surface area contributed by atoms with Crippen LogP contribution in [0, 0.1) is 13.8 Å². The molecule has 2 heterocycles. The summed E-state index contributed by atoms with van der Waals surface area (Å²) in [6.45, 7) is 3.61. The van der Waals surface area contributed by atoms with E-state index in [1.165, 1.54) is 10.7 Å². The Kier molecular flexibility index (Phi) is 4.83. The summed E-state index contributed by atoms with van der Waals surface area (Å²) in [7, 11) is 0. The Hall–Kier alpha value is -2.29. The Morgan fingerprint density at radius 3 is 2.50 bits per heavy atom. The fourth-order valence-corrected chi connectivity index (χ4v) is 3.34. The molecule has 0 unspecified atom stereocenters. The summed E-state index contributed by atoms with van der Waals surface area (Å²) in [4.78, 5) is 21.2. The summed E-state index contributed by atoms with van der Waals surface area (Å²) >= 11 is 6.06. The first-order valence-electron chi connectivity index (χ1n) is 8.14. The monoisotopic (exact) mass is 385 g/mol. The predicted octanol–water partition coefficient (Wildman–Crippen LogP) is 3.99. The standard InChI is InChI=1S/C16H18ClF2N5O2/c1-9-7-10(2)24(22-9)14-20-12(17)8-13(21-14)23(15(25)26)11-3-5-16(18,19)6-4-11/h7-8,11H,3-6H2,1-2H3,(H,25,26). The van der Waals surface area contributed by atoms with Crippen LogP contribution in [-0.4, -0.2) is 42.9 Å². The Bertz CT molecular complexity index is 832. The second kappa shape index (κ2) is 6.79. The molecular weight excluding hydrogens is 368 g/mol. The highest BCUT2D eigenvalue weighted by Crippen LogP contribution is 2.36. The van der Waals surface area contributed by atoms with Crippen molar-refractivity contribution in [2.45, 2.75) is 51.5 Å². The number of carboxylic acid groups (broad SMARTS) is 1. The lowest BCUT2D eigenvalue weighted by atomic mass is 9.91. The number of carbonyl (C=O) groups is 1. The highest BCUT2D eigenvalue weighted by atomic mass is 35.5. The lowest BCUT2D eigenvalue weighted by molar-refractivity contribution is -0.0379. The van der Waals surface area contributed by atoms with Crippen molar-refractivity contribution in [2.24, 2.45) is 0 Å². The molecule has 0 saturated heterocycles. The number of alkyl halides is 2. The zero-order valence-electron chi connectivity index (χ0n) is 14.3. The molecule has 2 aromatic heterocycles. The molecule has 0 spiro atoms. The van der Waals surface area contributed by atoms with Crippen LogP contribution in [0.5, 0.6) is 0 Å². The molecule has 0 aromatic carbocycles. The van der Waals surface area contributed by atoms with Crippen LogP contribution < -0.4 is 4.90 Å². The lowest BCUT2D eigenvalue weighted by Crippen LogP contribution is -2.44. The molecule has 0 radical (unpaired) electrons. The largest absolute Gasteiger partial charge is 0.465 e. The van der Waals surface area contributed by atoms with E-state index in [1.807, 2.05) is 13.0 Å². The van der Waals surface area contributed by atoms with Crippen molar-refractivity contribution in [1.82, 2.24) is 19.7 Å². The van der Waals surface area contributed by atoms with E-state index in [9.17, 15) is 18.7 Å². The molecule has 1 aliphatic carbocycles. The topological polar surface area (TPSA) is 84.1 Å². The van der Waals surface area contributed by atoms with Gasteiger partial charge in [-0.1, -0.05) is 11.6 Å². The third-order valence-corrected chi connectivity index (χ3v) is 4.57. The first-order chi connectivity index (χ1) is 12.2. The predicted molar refractivity (Wildman–Crippen MR) is 91.3 cm³/mol. The maximum absolute atomic E-state index is 13.4. The van der Waals surface area contributed by atoms with Gasteiger partial charge in [0.1, 0.15) is 11.0 Å². The second-order valence-corrected chi connectivity index (χ2v) is 6.81. The van der Waals surface area contributed by atoms with Gasteiger partial charge in [0.2, 0.25) is 5.92 Å². The van der Waals surface area contributed by atoms with Gasteiger partial charge in [-0.25, -0.2) is 18.3 Å². The van der Waals surface area contributed by atoms with Gasteiger partial charge < -0.3 is 5.11 Å². The van der Waals surface area contributed by atoms with Crippen molar-refractivity contribution < 1.29 is 18.7 Å². The Balaban J connectivity index is 1.98. The van der Waals surface area contributed by atoms with E-state index in [1.54, 1.807) is 6.92 Å². The second-order valence-electron chi connectivity index (χ2n) is 6.43. The number of nitrogens with zero attached hydrogens (tertiary/aromatic N) is 5. The van der Waals surface area contributed by atoms with Gasteiger partial charge in [-0.2, -0.15) is 15.1 Å². The minimum absolute atomic E-state index is 0.0462. The molecule has 1 amide bonds. The SMILES string of the molecule is Cc1cc(C)n(-c2nc(Cl)cc(N(C(=O)O)C3CCC(F)(F)CC3)n2)n1. The maximum Gasteiger partial charge on any atom is 0.413 e. The smallest absolute Gasteiger partial charge is 0.413 e. The van der Waals surface area contributed by atoms with Crippen LogP contribution >= 0.6 is 11.6 Å². The van der Waals surface area contributed by atoms with E-state index in [2.05, 4.69) is 15.1 Å². The average Bonchev–Trinajstić information content (AvgIpc) is 2.87. The van der Waals surface area contributed by atoms with E-state index in [4.69, 9.17) is 11.6 Å². The van der Waals surface area contributed by atoms with Crippen molar-refractivity contribution in [3.05, 3.63) is 28.7 Å². The molecule has 140 valence electrons. The molecule has 0 aliphatic heterocycles. The maximum atomic E-state index is 13.4. The first kappa shape index (κ1) is 18.5. The summed E-state index contributed by atoms with van der Waals surface area (Å²) in [5.74, 6) is -2.57. The number of aromatic nitrogens is 4. The van der Waals surface area contributed by atoms with Gasteiger partial charge >= 0.3 is 6.09 Å². The molecule has 1 N–H and O–H groups in total. The number of halogens is 3. The van der Waals surface area contributed by atoms with Crippen LogP contribution in [0.25, 0.3) is 5.95 Å². The minimum atomic E-state index is -2.75. The van der Waals surface area contributed by atoms with Crippen molar-refractivity contribution in [3.63, 3.8) is 0 Å². The summed E-state index contributed by atoms with van der Waals surface area (Å²) in [5, 5.41) is 13.9. The number of hydrogen-bond donors (Lipinski definition) is 1. The van der Waals surface area contributed by atoms with E-state index in [-0.39, 0.29) is 42.6 Å². The quantitative estimate of drug-likeness (QED) is 0.807. The molecule has 7 nitrogen and oxygen atoms in total. The van der Waals surface area contributed by atoms with Crippen LogP contribution in [0.4, 0.5) is 19.4 Å². The number of aryl methyl sites for hydroxylation is 2. The molecule has 3 rings (SSSR count). The molecule has 26 heavy (non-hydrogen) atoms. The molecule has 1 saturated carbocycles. The van der Waals surface area contributed by atoms with Gasteiger partial charge in [0.15, 0.2) is 0 Å². The highest BCUT2D eigenvalue weighted by Gasteiger charge is 2.39. The van der Waals surface area contributed by atoms with Crippen molar-refractivity contribution in [3.8, 4) is 5.95 Å². The van der Waals surface area contributed by atoms with Crippen LogP contribution in [0.3, 0.4) is 0 Å². The van der Waals surface area contributed by atoms with Gasteiger partial charge in [0.25, 0.3) is 5.95 Å². The molecule has 0 atom stereocenters. The third kappa shape index (κ3) is 3.77. The van der Waals surface area contributed by atoms with Crippen LogP contribution in [0.2, 0.25) is 5.15 Å². The van der Waals surface area contributed by atoms with Crippen LogP contribution in [0.15, 0.2) is 12.1 Å². The molecule has 1 aliphatic rings. The number of rotatable bonds is 3. The zero-order valence-corrected chi connectivity index (χ0v) is 15.0. The summed E-state index contributed by atoms with van der Waals surface area (Å²) in [6, 6.07) is 2.55. The average molecular weight is 386 g/mol. The van der Waals surface area contributed by atoms with Crippen LogP contribution in [0.1, 0.15) is 37.1 Å². The zero-order chi connectivity index (χ0) is 19.1. The van der Waals surface area contributed by atoms with E-state index < -0.39 is 18.1 Å². The van der Waals surface area contributed by atoms with Gasteiger partial charge in [-0.15, -0.1) is 0 Å². The number of anilines is 1. The van der Waals surface area contributed by atoms with E-state index >= 15 is 0 Å². The molecular formula is C16H18ClF2N5O2. The normalized spacial score (nSPS) is 17.3. The fraction of sp³-hybridized carbons (Fsp3) is 0.500.